The molecule has 0 saturated heterocycles. The second kappa shape index (κ2) is 9.85. The number of halogens is 1. The van der Waals surface area contributed by atoms with Gasteiger partial charge in [-0.25, -0.2) is 4.79 Å². The van der Waals surface area contributed by atoms with E-state index in [0.29, 0.717) is 36.3 Å². The molecule has 0 aliphatic rings. The van der Waals surface area contributed by atoms with Crippen LogP contribution in [0.4, 0.5) is 5.69 Å². The van der Waals surface area contributed by atoms with Gasteiger partial charge in [-0.1, -0.05) is 41.9 Å². The highest BCUT2D eigenvalue weighted by atomic mass is 35.5. The molecular weight excluding hydrogens is 390 g/mol. The third-order valence-electron chi connectivity index (χ3n) is 4.22. The lowest BCUT2D eigenvalue weighted by Gasteiger charge is -2.16. The van der Waals surface area contributed by atoms with Crippen LogP contribution in [0.5, 0.6) is 11.5 Å². The molecule has 6 heteroatoms. The number of carbonyl (C=O) groups is 1. The van der Waals surface area contributed by atoms with E-state index in [1.54, 1.807) is 24.3 Å². The summed E-state index contributed by atoms with van der Waals surface area (Å²) in [4.78, 5) is 10.9. The summed E-state index contributed by atoms with van der Waals surface area (Å²) in [6.45, 7) is 3.30. The lowest BCUT2D eigenvalue weighted by molar-refractivity contribution is 0.0697. The number of rotatable bonds is 9. The Morgan fingerprint density at radius 3 is 2.38 bits per heavy atom. The molecule has 3 rings (SSSR count). The van der Waals surface area contributed by atoms with Crippen molar-refractivity contribution < 1.29 is 19.4 Å². The first-order valence-corrected chi connectivity index (χ1v) is 9.63. The van der Waals surface area contributed by atoms with Gasteiger partial charge >= 0.3 is 5.97 Å². The maximum absolute atomic E-state index is 10.9. The van der Waals surface area contributed by atoms with Gasteiger partial charge in [0.15, 0.2) is 11.5 Å². The highest BCUT2D eigenvalue weighted by Crippen LogP contribution is 2.37. The summed E-state index contributed by atoms with van der Waals surface area (Å²) in [5.74, 6) is 0.164. The van der Waals surface area contributed by atoms with Gasteiger partial charge in [0.1, 0.15) is 6.61 Å². The Morgan fingerprint density at radius 1 is 1.00 bits per heavy atom. The van der Waals surface area contributed by atoms with E-state index >= 15 is 0 Å². The molecule has 0 atom stereocenters. The zero-order valence-electron chi connectivity index (χ0n) is 16.0. The molecule has 0 amide bonds. The summed E-state index contributed by atoms with van der Waals surface area (Å²) in [6.07, 6.45) is 0. The standard InChI is InChI=1S/C23H22ClNO4/c1-2-28-21-13-17(14-25-19-10-8-18(9-11-19)23(26)27)12-20(24)22(21)29-15-16-6-4-3-5-7-16/h3-13,25H,2,14-15H2,1H3,(H,26,27). The van der Waals surface area contributed by atoms with Crippen molar-refractivity contribution in [1.29, 1.82) is 0 Å². The minimum Gasteiger partial charge on any atom is -0.490 e. The zero-order chi connectivity index (χ0) is 20.6. The summed E-state index contributed by atoms with van der Waals surface area (Å²) in [7, 11) is 0. The van der Waals surface area contributed by atoms with Gasteiger partial charge in [-0.2, -0.15) is 0 Å². The van der Waals surface area contributed by atoms with Gasteiger partial charge in [0.2, 0.25) is 0 Å². The topological polar surface area (TPSA) is 67.8 Å². The zero-order valence-corrected chi connectivity index (χ0v) is 16.8. The molecule has 0 spiro atoms. The SMILES string of the molecule is CCOc1cc(CNc2ccc(C(=O)O)cc2)cc(Cl)c1OCc1ccccc1. The highest BCUT2D eigenvalue weighted by Gasteiger charge is 2.13. The lowest BCUT2D eigenvalue weighted by atomic mass is 10.1. The largest absolute Gasteiger partial charge is 0.490 e. The Labute approximate surface area is 174 Å². The normalized spacial score (nSPS) is 10.4. The van der Waals surface area contributed by atoms with Crippen LogP contribution in [-0.4, -0.2) is 17.7 Å². The van der Waals surface area contributed by atoms with Crippen molar-refractivity contribution in [3.63, 3.8) is 0 Å². The molecule has 0 fully saturated rings. The average Bonchev–Trinajstić information content (AvgIpc) is 2.73. The number of hydrogen-bond donors (Lipinski definition) is 2. The summed E-state index contributed by atoms with van der Waals surface area (Å²) < 4.78 is 11.7. The maximum atomic E-state index is 10.9. The van der Waals surface area contributed by atoms with Gasteiger partial charge in [-0.05, 0) is 54.4 Å². The molecule has 0 bridgehead atoms. The maximum Gasteiger partial charge on any atom is 0.335 e. The minimum atomic E-state index is -0.948. The van der Waals surface area contributed by atoms with Gasteiger partial charge in [0, 0.05) is 12.2 Å². The lowest BCUT2D eigenvalue weighted by Crippen LogP contribution is -2.04. The van der Waals surface area contributed by atoms with Crippen LogP contribution in [0.25, 0.3) is 0 Å². The number of ether oxygens (including phenoxy) is 2. The number of nitrogens with one attached hydrogen (secondary N) is 1. The van der Waals surface area contributed by atoms with Gasteiger partial charge in [-0.15, -0.1) is 0 Å². The van der Waals surface area contributed by atoms with Crippen molar-refractivity contribution in [1.82, 2.24) is 0 Å². The van der Waals surface area contributed by atoms with Crippen molar-refractivity contribution in [3.05, 3.63) is 88.4 Å². The average molecular weight is 412 g/mol. The van der Waals surface area contributed by atoms with Gasteiger partial charge in [0.25, 0.3) is 0 Å². The quantitative estimate of drug-likeness (QED) is 0.477. The number of benzene rings is 3. The number of aromatic carboxylic acids is 1. The second-order valence-corrected chi connectivity index (χ2v) is 6.76. The second-order valence-electron chi connectivity index (χ2n) is 6.35. The number of carboxylic acids is 1. The first-order valence-electron chi connectivity index (χ1n) is 9.26. The fourth-order valence-corrected chi connectivity index (χ4v) is 3.08. The summed E-state index contributed by atoms with van der Waals surface area (Å²) in [6, 6.07) is 20.2. The molecule has 5 nitrogen and oxygen atoms in total. The van der Waals surface area contributed by atoms with E-state index in [4.69, 9.17) is 26.2 Å². The number of carboxylic acid groups (broad SMARTS) is 1. The highest BCUT2D eigenvalue weighted by molar-refractivity contribution is 6.32. The van der Waals surface area contributed by atoms with E-state index in [-0.39, 0.29) is 5.56 Å². The third kappa shape index (κ3) is 5.65. The summed E-state index contributed by atoms with van der Waals surface area (Å²) >= 11 is 6.48. The van der Waals surface area contributed by atoms with Gasteiger partial charge in [0.05, 0.1) is 17.2 Å². The third-order valence-corrected chi connectivity index (χ3v) is 4.50. The molecule has 29 heavy (non-hydrogen) atoms. The van der Waals surface area contributed by atoms with Gasteiger partial charge < -0.3 is 19.9 Å². The smallest absolute Gasteiger partial charge is 0.335 e. The van der Waals surface area contributed by atoms with Crippen LogP contribution in [0.3, 0.4) is 0 Å². The summed E-state index contributed by atoms with van der Waals surface area (Å²) in [5, 5.41) is 12.7. The molecule has 0 aliphatic carbocycles. The molecule has 2 N–H and O–H groups in total. The minimum absolute atomic E-state index is 0.247. The molecule has 0 radical (unpaired) electrons. The van der Waals surface area contributed by atoms with E-state index in [0.717, 1.165) is 16.8 Å². The Bertz CT molecular complexity index is 959. The molecule has 0 unspecified atom stereocenters. The van der Waals surface area contributed by atoms with Crippen molar-refractivity contribution in [3.8, 4) is 11.5 Å². The van der Waals surface area contributed by atoms with Crippen LogP contribution < -0.4 is 14.8 Å². The molecule has 0 aliphatic heterocycles. The molecular formula is C23H22ClNO4. The van der Waals surface area contributed by atoms with E-state index in [9.17, 15) is 4.79 Å². The molecule has 0 aromatic heterocycles. The molecule has 0 heterocycles. The van der Waals surface area contributed by atoms with Crippen LogP contribution in [0.1, 0.15) is 28.4 Å². The number of hydrogen-bond acceptors (Lipinski definition) is 4. The van der Waals surface area contributed by atoms with Crippen LogP contribution >= 0.6 is 11.6 Å². The molecule has 3 aromatic carbocycles. The fourth-order valence-electron chi connectivity index (χ4n) is 2.79. The van der Waals surface area contributed by atoms with Crippen molar-refractivity contribution in [2.75, 3.05) is 11.9 Å². The monoisotopic (exact) mass is 411 g/mol. The van der Waals surface area contributed by atoms with Crippen molar-refractivity contribution in [2.24, 2.45) is 0 Å². The van der Waals surface area contributed by atoms with E-state index in [2.05, 4.69) is 5.32 Å². The Morgan fingerprint density at radius 2 is 1.72 bits per heavy atom. The van der Waals surface area contributed by atoms with Crippen LogP contribution in [0.15, 0.2) is 66.7 Å². The first-order chi connectivity index (χ1) is 14.1. The van der Waals surface area contributed by atoms with E-state index in [1.165, 1.54) is 0 Å². The van der Waals surface area contributed by atoms with Crippen LogP contribution in [-0.2, 0) is 13.2 Å². The van der Waals surface area contributed by atoms with Crippen molar-refractivity contribution >= 4 is 23.3 Å². The molecule has 3 aromatic rings. The molecule has 0 saturated carbocycles. The Hall–Kier alpha value is -3.18. The predicted octanol–water partition coefficient (Wildman–Crippen LogP) is 5.63. The van der Waals surface area contributed by atoms with E-state index < -0.39 is 5.97 Å². The Kier molecular flexibility index (Phi) is 6.98. The van der Waals surface area contributed by atoms with Crippen LogP contribution in [0, 0.1) is 0 Å². The first kappa shape index (κ1) is 20.6. The summed E-state index contributed by atoms with van der Waals surface area (Å²) in [5.41, 5.74) is 3.03. The van der Waals surface area contributed by atoms with E-state index in [1.807, 2.05) is 49.4 Å². The van der Waals surface area contributed by atoms with Gasteiger partial charge in [-0.3, -0.25) is 0 Å². The number of anilines is 1. The van der Waals surface area contributed by atoms with Crippen LogP contribution in [0.2, 0.25) is 5.02 Å². The predicted molar refractivity (Wildman–Crippen MR) is 114 cm³/mol. The Balaban J connectivity index is 1.71. The van der Waals surface area contributed by atoms with Crippen molar-refractivity contribution in [2.45, 2.75) is 20.1 Å². The fraction of sp³-hybridized carbons (Fsp3) is 0.174. The molecule has 150 valence electrons.